The van der Waals surface area contributed by atoms with E-state index in [4.69, 9.17) is 0 Å². The Morgan fingerprint density at radius 2 is 1.67 bits per heavy atom. The maximum Gasteiger partial charge on any atom is 0.233 e. The van der Waals surface area contributed by atoms with E-state index in [0.717, 1.165) is 6.42 Å². The fourth-order valence-corrected chi connectivity index (χ4v) is 1.97. The molecule has 0 heterocycles. The zero-order valence-corrected chi connectivity index (χ0v) is 11.0. The molecule has 90 valence electrons. The molecule has 2 N–H and O–H groups in total. The van der Waals surface area contributed by atoms with Gasteiger partial charge in [-0.2, -0.15) is 0 Å². The van der Waals surface area contributed by atoms with E-state index in [1.165, 1.54) is 0 Å². The van der Waals surface area contributed by atoms with Crippen LogP contribution >= 0.6 is 0 Å². The molecule has 0 saturated carbocycles. The number of nitrogens with one attached hydrogen (secondary N) is 2. The molecule has 0 aromatic carbocycles. The predicted molar refractivity (Wildman–Crippen MR) is 64.8 cm³/mol. The molecule has 3 heteroatoms. The van der Waals surface area contributed by atoms with Gasteiger partial charge in [-0.05, 0) is 32.6 Å². The number of likely N-dealkylation sites (N-methyl/N-ethyl adjacent to an activating group) is 1. The van der Waals surface area contributed by atoms with Gasteiger partial charge in [0.15, 0.2) is 0 Å². The summed E-state index contributed by atoms with van der Waals surface area (Å²) in [5.41, 5.74) is 0.279. The Kier molecular flexibility index (Phi) is 5.29. The molecule has 0 aromatic rings. The van der Waals surface area contributed by atoms with Crippen molar-refractivity contribution in [2.24, 2.45) is 5.41 Å². The topological polar surface area (TPSA) is 41.1 Å². The number of carbonyl (C=O) groups is 1. The zero-order chi connectivity index (χ0) is 12.1. The molecule has 0 rings (SSSR count). The van der Waals surface area contributed by atoms with Crippen molar-refractivity contribution in [2.75, 3.05) is 13.1 Å². The summed E-state index contributed by atoms with van der Waals surface area (Å²) < 4.78 is 0. The van der Waals surface area contributed by atoms with Gasteiger partial charge in [-0.3, -0.25) is 4.79 Å². The summed E-state index contributed by atoms with van der Waals surface area (Å²) in [5.74, 6) is 0.0690. The molecule has 0 aromatic heterocycles. The fourth-order valence-electron chi connectivity index (χ4n) is 1.97. The maximum atomic E-state index is 11.3. The molecule has 0 aliphatic rings. The van der Waals surface area contributed by atoms with E-state index in [0.29, 0.717) is 13.1 Å². The summed E-state index contributed by atoms with van der Waals surface area (Å²) in [4.78, 5) is 11.3. The van der Waals surface area contributed by atoms with Crippen molar-refractivity contribution < 1.29 is 4.79 Å². The first-order valence-electron chi connectivity index (χ1n) is 5.68. The normalized spacial score (nSPS) is 12.7. The third-order valence-electron chi connectivity index (χ3n) is 2.07. The lowest BCUT2D eigenvalue weighted by Crippen LogP contribution is -2.47. The summed E-state index contributed by atoms with van der Waals surface area (Å²) in [5, 5.41) is 6.07. The summed E-state index contributed by atoms with van der Waals surface area (Å²) in [7, 11) is 0. The highest BCUT2D eigenvalue weighted by Crippen LogP contribution is 2.26. The molecule has 0 aliphatic carbocycles. The molecule has 3 nitrogen and oxygen atoms in total. The van der Waals surface area contributed by atoms with Crippen LogP contribution < -0.4 is 10.6 Å². The molecule has 0 radical (unpaired) electrons. The largest absolute Gasteiger partial charge is 0.355 e. The zero-order valence-electron chi connectivity index (χ0n) is 11.0. The average molecular weight is 214 g/mol. The minimum absolute atomic E-state index is 0.00330. The Labute approximate surface area is 94.0 Å². The van der Waals surface area contributed by atoms with E-state index in [1.54, 1.807) is 0 Å². The van der Waals surface area contributed by atoms with Crippen LogP contribution in [0.1, 0.15) is 48.0 Å². The monoisotopic (exact) mass is 214 g/mol. The van der Waals surface area contributed by atoms with Gasteiger partial charge in [0, 0.05) is 12.1 Å². The molecule has 1 amide bonds. The van der Waals surface area contributed by atoms with Crippen LogP contribution in [0.2, 0.25) is 0 Å². The summed E-state index contributed by atoms with van der Waals surface area (Å²) >= 11 is 0. The molecule has 0 unspecified atom stereocenters. The fraction of sp³-hybridized carbons (Fsp3) is 0.917. The van der Waals surface area contributed by atoms with Crippen molar-refractivity contribution in [3.05, 3.63) is 0 Å². The lowest BCUT2D eigenvalue weighted by molar-refractivity contribution is -0.120. The van der Waals surface area contributed by atoms with Crippen molar-refractivity contribution in [1.82, 2.24) is 10.6 Å². The van der Waals surface area contributed by atoms with Crippen LogP contribution in [0.3, 0.4) is 0 Å². The molecule has 0 fully saturated rings. The third-order valence-corrected chi connectivity index (χ3v) is 2.07. The Bertz CT molecular complexity index is 204. The van der Waals surface area contributed by atoms with Crippen LogP contribution in [0.4, 0.5) is 0 Å². The second-order valence-electron chi connectivity index (χ2n) is 5.93. The number of rotatable bonds is 5. The van der Waals surface area contributed by atoms with E-state index >= 15 is 0 Å². The highest BCUT2D eigenvalue weighted by molar-refractivity contribution is 5.77. The lowest BCUT2D eigenvalue weighted by atomic mass is 9.82. The first kappa shape index (κ1) is 14.4. The Balaban J connectivity index is 3.99. The van der Waals surface area contributed by atoms with Gasteiger partial charge in [0.2, 0.25) is 5.91 Å². The van der Waals surface area contributed by atoms with Crippen LogP contribution in [0, 0.1) is 5.41 Å². The van der Waals surface area contributed by atoms with E-state index in [9.17, 15) is 4.79 Å². The summed E-state index contributed by atoms with van der Waals surface area (Å²) in [6.45, 7) is 13.9. The number of carbonyl (C=O) groups excluding carboxylic acids is 1. The van der Waals surface area contributed by atoms with Gasteiger partial charge in [0.25, 0.3) is 0 Å². The number of hydrogen-bond donors (Lipinski definition) is 2. The van der Waals surface area contributed by atoms with Gasteiger partial charge in [0.1, 0.15) is 0 Å². The summed E-state index contributed by atoms with van der Waals surface area (Å²) in [6.07, 6.45) is 1.04. The van der Waals surface area contributed by atoms with Crippen LogP contribution in [0.15, 0.2) is 0 Å². The highest BCUT2D eigenvalue weighted by Gasteiger charge is 2.25. The molecule has 15 heavy (non-hydrogen) atoms. The van der Waals surface area contributed by atoms with Gasteiger partial charge in [-0.25, -0.2) is 0 Å². The number of amides is 1. The van der Waals surface area contributed by atoms with Crippen molar-refractivity contribution in [3.8, 4) is 0 Å². The quantitative estimate of drug-likeness (QED) is 0.734. The standard InChI is InChI=1S/C12H26N2O/c1-7-13-10(15)8-14-12(5,6)9-11(2,3)4/h14H,7-9H2,1-6H3,(H,13,15). The van der Waals surface area contributed by atoms with Crippen LogP contribution in [0.5, 0.6) is 0 Å². The van der Waals surface area contributed by atoms with Crippen molar-refractivity contribution in [2.45, 2.75) is 53.5 Å². The smallest absolute Gasteiger partial charge is 0.233 e. The van der Waals surface area contributed by atoms with Gasteiger partial charge in [0.05, 0.1) is 6.54 Å². The Hall–Kier alpha value is -0.570. The maximum absolute atomic E-state index is 11.3. The van der Waals surface area contributed by atoms with E-state index in [-0.39, 0.29) is 16.9 Å². The average Bonchev–Trinajstić information content (AvgIpc) is 1.97. The Morgan fingerprint density at radius 1 is 1.13 bits per heavy atom. The molecular weight excluding hydrogens is 188 g/mol. The van der Waals surface area contributed by atoms with Gasteiger partial charge in [-0.15, -0.1) is 0 Å². The van der Waals surface area contributed by atoms with Crippen LogP contribution in [-0.4, -0.2) is 24.5 Å². The number of hydrogen-bond acceptors (Lipinski definition) is 2. The second kappa shape index (κ2) is 5.50. The minimum Gasteiger partial charge on any atom is -0.355 e. The molecule has 0 saturated heterocycles. The third kappa shape index (κ3) is 8.43. The van der Waals surface area contributed by atoms with Gasteiger partial charge >= 0.3 is 0 Å². The predicted octanol–water partition coefficient (Wildman–Crippen LogP) is 1.93. The SMILES string of the molecule is CCNC(=O)CNC(C)(C)CC(C)(C)C. The lowest BCUT2D eigenvalue weighted by Gasteiger charge is -2.33. The first-order valence-corrected chi connectivity index (χ1v) is 5.68. The van der Waals surface area contributed by atoms with Gasteiger partial charge < -0.3 is 10.6 Å². The molecule has 0 bridgehead atoms. The van der Waals surface area contributed by atoms with E-state index in [2.05, 4.69) is 45.3 Å². The molecule has 0 spiro atoms. The van der Waals surface area contributed by atoms with Crippen molar-refractivity contribution >= 4 is 5.91 Å². The molecule has 0 atom stereocenters. The van der Waals surface area contributed by atoms with E-state index in [1.807, 2.05) is 6.92 Å². The molecule has 0 aliphatic heterocycles. The first-order chi connectivity index (χ1) is 6.66. The van der Waals surface area contributed by atoms with Crippen LogP contribution in [0.25, 0.3) is 0 Å². The Morgan fingerprint density at radius 3 is 2.07 bits per heavy atom. The van der Waals surface area contributed by atoms with Crippen molar-refractivity contribution in [3.63, 3.8) is 0 Å². The van der Waals surface area contributed by atoms with E-state index < -0.39 is 0 Å². The molecular formula is C12H26N2O. The van der Waals surface area contributed by atoms with Crippen LogP contribution in [-0.2, 0) is 4.79 Å². The second-order valence-corrected chi connectivity index (χ2v) is 5.93. The highest BCUT2D eigenvalue weighted by atomic mass is 16.1. The van der Waals surface area contributed by atoms with Gasteiger partial charge in [-0.1, -0.05) is 20.8 Å². The summed E-state index contributed by atoms with van der Waals surface area (Å²) in [6, 6.07) is 0. The minimum atomic E-state index is 0.00330. The van der Waals surface area contributed by atoms with Crippen molar-refractivity contribution in [1.29, 1.82) is 0 Å².